The largest absolute Gasteiger partial charge is 0.348 e. The number of hydrogen-bond donors (Lipinski definition) is 1. The number of rotatable bonds is 3. The van der Waals surface area contributed by atoms with Gasteiger partial charge in [-0.3, -0.25) is 0 Å². The molecule has 0 aromatic heterocycles. The lowest BCUT2D eigenvalue weighted by Gasteiger charge is -2.22. The van der Waals surface area contributed by atoms with Crippen molar-refractivity contribution >= 4 is 38.9 Å². The molecule has 110 valence electrons. The molecular weight excluding hydrogens is 344 g/mol. The minimum atomic E-state index is 0.717. The van der Waals surface area contributed by atoms with Gasteiger partial charge in [0, 0.05) is 23.8 Å². The quantitative estimate of drug-likeness (QED) is 0.782. The molecule has 21 heavy (non-hydrogen) atoms. The maximum atomic E-state index is 5.48. The summed E-state index contributed by atoms with van der Waals surface area (Å²) in [6, 6.07) is 14.5. The Kier molecular flexibility index (Phi) is 5.37. The van der Waals surface area contributed by atoms with Crippen LogP contribution in [0.1, 0.15) is 16.7 Å². The Morgan fingerprint density at radius 3 is 2.52 bits per heavy atom. The van der Waals surface area contributed by atoms with Crippen molar-refractivity contribution in [3.05, 3.63) is 63.6 Å². The van der Waals surface area contributed by atoms with Crippen LogP contribution in [0.25, 0.3) is 0 Å². The number of hydrogen-bond acceptors (Lipinski definition) is 1. The number of nitrogens with one attached hydrogen (secondary N) is 1. The van der Waals surface area contributed by atoms with Crippen molar-refractivity contribution in [1.29, 1.82) is 0 Å². The molecule has 1 N–H and O–H groups in total. The van der Waals surface area contributed by atoms with Crippen molar-refractivity contribution in [2.75, 3.05) is 12.4 Å². The molecule has 0 heterocycles. The number of aryl methyl sites for hydroxylation is 2. The van der Waals surface area contributed by atoms with Gasteiger partial charge in [0.25, 0.3) is 0 Å². The van der Waals surface area contributed by atoms with E-state index in [4.69, 9.17) is 12.2 Å². The maximum Gasteiger partial charge on any atom is 0.173 e. The van der Waals surface area contributed by atoms with Gasteiger partial charge in [0.05, 0.1) is 0 Å². The van der Waals surface area contributed by atoms with Gasteiger partial charge in [-0.15, -0.1) is 0 Å². The molecule has 2 nitrogen and oxygen atoms in total. The highest BCUT2D eigenvalue weighted by molar-refractivity contribution is 9.10. The molecule has 0 aliphatic rings. The standard InChI is InChI=1S/C17H19BrN2S/c1-12-8-9-15(10-13(12)2)19-17(21)20(3)11-14-6-4-5-7-16(14)18/h4-10H,11H2,1-3H3,(H,19,21). The molecule has 0 radical (unpaired) electrons. The number of anilines is 1. The van der Waals surface area contributed by atoms with Crippen LogP contribution in [-0.2, 0) is 6.54 Å². The first-order valence-electron chi connectivity index (χ1n) is 6.80. The van der Waals surface area contributed by atoms with E-state index in [1.165, 1.54) is 16.7 Å². The first-order chi connectivity index (χ1) is 9.97. The Morgan fingerprint density at radius 1 is 1.14 bits per heavy atom. The molecule has 0 atom stereocenters. The summed E-state index contributed by atoms with van der Waals surface area (Å²) in [6.07, 6.45) is 0. The molecule has 0 bridgehead atoms. The van der Waals surface area contributed by atoms with Crippen molar-refractivity contribution in [3.63, 3.8) is 0 Å². The van der Waals surface area contributed by atoms with Crippen LogP contribution < -0.4 is 5.32 Å². The fourth-order valence-corrected chi connectivity index (χ4v) is 2.58. The number of benzene rings is 2. The molecule has 2 aromatic carbocycles. The molecule has 0 saturated heterocycles. The molecule has 0 aliphatic carbocycles. The van der Waals surface area contributed by atoms with E-state index in [2.05, 4.69) is 59.4 Å². The smallest absolute Gasteiger partial charge is 0.173 e. The average Bonchev–Trinajstić information content (AvgIpc) is 2.45. The predicted octanol–water partition coefficient (Wildman–Crippen LogP) is 4.89. The molecule has 4 heteroatoms. The van der Waals surface area contributed by atoms with Crippen molar-refractivity contribution in [2.45, 2.75) is 20.4 Å². The summed E-state index contributed by atoms with van der Waals surface area (Å²) in [5.41, 5.74) is 4.79. The third-order valence-electron chi connectivity index (χ3n) is 3.47. The second kappa shape index (κ2) is 7.05. The predicted molar refractivity (Wildman–Crippen MR) is 97.7 cm³/mol. The van der Waals surface area contributed by atoms with Crippen LogP contribution in [0.15, 0.2) is 46.9 Å². The number of halogens is 1. The van der Waals surface area contributed by atoms with Crippen molar-refractivity contribution in [2.24, 2.45) is 0 Å². The monoisotopic (exact) mass is 362 g/mol. The highest BCUT2D eigenvalue weighted by Gasteiger charge is 2.08. The van der Waals surface area contributed by atoms with E-state index in [0.717, 1.165) is 16.7 Å². The van der Waals surface area contributed by atoms with Crippen molar-refractivity contribution in [1.82, 2.24) is 4.90 Å². The van der Waals surface area contributed by atoms with E-state index < -0.39 is 0 Å². The SMILES string of the molecule is Cc1ccc(NC(=S)N(C)Cc2ccccc2Br)cc1C. The van der Waals surface area contributed by atoms with E-state index in [1.54, 1.807) is 0 Å². The number of thiocarbonyl (C=S) groups is 1. The summed E-state index contributed by atoms with van der Waals surface area (Å²) in [4.78, 5) is 2.03. The van der Waals surface area contributed by atoms with Gasteiger partial charge in [-0.05, 0) is 61.0 Å². The Morgan fingerprint density at radius 2 is 1.86 bits per heavy atom. The van der Waals surface area contributed by atoms with Gasteiger partial charge in [-0.2, -0.15) is 0 Å². The van der Waals surface area contributed by atoms with Crippen LogP contribution in [0.4, 0.5) is 5.69 Å². The van der Waals surface area contributed by atoms with E-state index >= 15 is 0 Å². The fraction of sp³-hybridized carbons (Fsp3) is 0.235. The van der Waals surface area contributed by atoms with Gasteiger partial charge in [0.1, 0.15) is 0 Å². The highest BCUT2D eigenvalue weighted by Crippen LogP contribution is 2.18. The van der Waals surface area contributed by atoms with Crippen molar-refractivity contribution in [3.8, 4) is 0 Å². The van der Waals surface area contributed by atoms with E-state index in [0.29, 0.717) is 5.11 Å². The summed E-state index contributed by atoms with van der Waals surface area (Å²) in [5.74, 6) is 0. The van der Waals surface area contributed by atoms with Crippen LogP contribution in [0.3, 0.4) is 0 Å². The zero-order valence-corrected chi connectivity index (χ0v) is 14.9. The van der Waals surface area contributed by atoms with Gasteiger partial charge >= 0.3 is 0 Å². The van der Waals surface area contributed by atoms with Crippen LogP contribution in [0.2, 0.25) is 0 Å². The second-order valence-corrected chi connectivity index (χ2v) is 6.42. The molecule has 2 aromatic rings. The zero-order valence-electron chi connectivity index (χ0n) is 12.5. The summed E-state index contributed by atoms with van der Waals surface area (Å²) in [6.45, 7) is 4.98. The van der Waals surface area contributed by atoms with E-state index in [9.17, 15) is 0 Å². The summed E-state index contributed by atoms with van der Waals surface area (Å²) in [7, 11) is 2.00. The normalized spacial score (nSPS) is 10.3. The third kappa shape index (κ3) is 4.29. The Hall–Kier alpha value is -1.39. The van der Waals surface area contributed by atoms with E-state index in [-0.39, 0.29) is 0 Å². The third-order valence-corrected chi connectivity index (χ3v) is 4.66. The fourth-order valence-electron chi connectivity index (χ4n) is 1.99. The van der Waals surface area contributed by atoms with Gasteiger partial charge in [0.15, 0.2) is 5.11 Å². The summed E-state index contributed by atoms with van der Waals surface area (Å²) >= 11 is 9.04. The molecule has 2 rings (SSSR count). The lowest BCUT2D eigenvalue weighted by Crippen LogP contribution is -2.30. The van der Waals surface area contributed by atoms with Crippen LogP contribution >= 0.6 is 28.1 Å². The Labute approximate surface area is 140 Å². The zero-order chi connectivity index (χ0) is 15.4. The van der Waals surface area contributed by atoms with Gasteiger partial charge in [0.2, 0.25) is 0 Å². The Balaban J connectivity index is 2.02. The first-order valence-corrected chi connectivity index (χ1v) is 8.00. The maximum absolute atomic E-state index is 5.48. The molecule has 0 fully saturated rings. The van der Waals surface area contributed by atoms with Gasteiger partial charge < -0.3 is 10.2 Å². The first kappa shape index (κ1) is 16.0. The minimum Gasteiger partial charge on any atom is -0.348 e. The molecule has 0 spiro atoms. The van der Waals surface area contributed by atoms with Crippen LogP contribution in [0, 0.1) is 13.8 Å². The highest BCUT2D eigenvalue weighted by atomic mass is 79.9. The summed E-state index contributed by atoms with van der Waals surface area (Å²) in [5, 5.41) is 4.01. The summed E-state index contributed by atoms with van der Waals surface area (Å²) < 4.78 is 1.10. The van der Waals surface area contributed by atoms with Gasteiger partial charge in [-0.25, -0.2) is 0 Å². The average molecular weight is 363 g/mol. The number of nitrogens with zero attached hydrogens (tertiary/aromatic N) is 1. The Bertz CT molecular complexity index is 655. The molecular formula is C17H19BrN2S. The minimum absolute atomic E-state index is 0.717. The second-order valence-electron chi connectivity index (χ2n) is 5.18. The molecule has 0 amide bonds. The van der Waals surface area contributed by atoms with Crippen LogP contribution in [0.5, 0.6) is 0 Å². The van der Waals surface area contributed by atoms with E-state index in [1.807, 2.05) is 30.1 Å². The van der Waals surface area contributed by atoms with Crippen LogP contribution in [-0.4, -0.2) is 17.1 Å². The molecule has 0 aliphatic heterocycles. The van der Waals surface area contributed by atoms with Crippen molar-refractivity contribution < 1.29 is 0 Å². The lowest BCUT2D eigenvalue weighted by molar-refractivity contribution is 0.507. The molecule has 0 unspecified atom stereocenters. The lowest BCUT2D eigenvalue weighted by atomic mass is 10.1. The topological polar surface area (TPSA) is 15.3 Å². The van der Waals surface area contributed by atoms with Gasteiger partial charge in [-0.1, -0.05) is 40.2 Å². The molecule has 0 saturated carbocycles.